The van der Waals surface area contributed by atoms with E-state index in [4.69, 9.17) is 9.47 Å². The van der Waals surface area contributed by atoms with Crippen molar-refractivity contribution in [3.63, 3.8) is 0 Å². The Hall–Kier alpha value is -5.76. The molecule has 4 aromatic carbocycles. The Morgan fingerprint density at radius 3 is 1.98 bits per heavy atom. The van der Waals surface area contributed by atoms with E-state index in [0.29, 0.717) is 5.56 Å². The third-order valence-corrected chi connectivity index (χ3v) is 9.02. The van der Waals surface area contributed by atoms with Crippen molar-refractivity contribution < 1.29 is 24.0 Å². The maximum atomic E-state index is 14.6. The number of carbonyl (C=O) groups excluding carboxylic acids is 2. The smallest absolute Gasteiger partial charge is 0.355 e. The van der Waals surface area contributed by atoms with Crippen LogP contribution in [0.1, 0.15) is 49.9 Å². The Morgan fingerprint density at radius 2 is 1.35 bits per heavy atom. The van der Waals surface area contributed by atoms with Crippen molar-refractivity contribution >= 4 is 35.0 Å². The second-order valence-electron chi connectivity index (χ2n) is 12.7. The minimum Gasteiger partial charge on any atom is -0.460 e. The number of esters is 2. The van der Waals surface area contributed by atoms with Crippen molar-refractivity contribution in [2.45, 2.75) is 51.4 Å². The van der Waals surface area contributed by atoms with E-state index in [9.17, 15) is 19.7 Å². The van der Waals surface area contributed by atoms with E-state index in [1.54, 1.807) is 33.8 Å². The summed E-state index contributed by atoms with van der Waals surface area (Å²) >= 11 is 0. The third-order valence-electron chi connectivity index (χ3n) is 9.02. The predicted octanol–water partition coefficient (Wildman–Crippen LogP) is 8.02. The molecule has 0 aromatic heterocycles. The van der Waals surface area contributed by atoms with Crippen molar-refractivity contribution in [2.24, 2.45) is 0 Å². The number of para-hydroxylation sites is 1. The number of non-ortho nitro benzene ring substituents is 1. The van der Waals surface area contributed by atoms with Gasteiger partial charge in [0.15, 0.2) is 0 Å². The first-order valence-corrected chi connectivity index (χ1v) is 16.0. The Kier molecular flexibility index (Phi) is 7.59. The number of hydrogen-bond acceptors (Lipinski definition) is 7. The van der Waals surface area contributed by atoms with Crippen molar-refractivity contribution in [3.8, 4) is 11.1 Å². The van der Waals surface area contributed by atoms with E-state index in [2.05, 4.69) is 6.08 Å². The molecule has 1 unspecified atom stereocenters. The molecule has 240 valence electrons. The summed E-state index contributed by atoms with van der Waals surface area (Å²) in [6.07, 6.45) is 5.00. The van der Waals surface area contributed by atoms with Crippen molar-refractivity contribution in [2.75, 3.05) is 4.90 Å². The molecule has 1 spiro atoms. The van der Waals surface area contributed by atoms with Gasteiger partial charge in [0.2, 0.25) is 0 Å². The lowest BCUT2D eigenvalue weighted by Gasteiger charge is -2.41. The third kappa shape index (κ3) is 4.75. The number of allylic oxidation sites excluding steroid dienone is 2. The highest BCUT2D eigenvalue weighted by Gasteiger charge is 2.63. The second kappa shape index (κ2) is 11.8. The fourth-order valence-corrected chi connectivity index (χ4v) is 7.38. The summed E-state index contributed by atoms with van der Waals surface area (Å²) in [4.78, 5) is 41.9. The summed E-state index contributed by atoms with van der Waals surface area (Å²) in [7, 11) is 0. The number of hydrogen-bond donors (Lipinski definition) is 0. The van der Waals surface area contributed by atoms with Crippen LogP contribution >= 0.6 is 0 Å². The molecule has 0 saturated heterocycles. The lowest BCUT2D eigenvalue weighted by Crippen LogP contribution is -2.47. The van der Waals surface area contributed by atoms with Crippen LogP contribution in [0.15, 0.2) is 120 Å². The van der Waals surface area contributed by atoms with Crippen LogP contribution in [0.5, 0.6) is 0 Å². The number of rotatable bonds is 7. The zero-order valence-electron chi connectivity index (χ0n) is 27.0. The summed E-state index contributed by atoms with van der Waals surface area (Å²) in [6.45, 7) is 7.16. The Labute approximate surface area is 278 Å². The molecule has 8 nitrogen and oxygen atoms in total. The van der Waals surface area contributed by atoms with Gasteiger partial charge in [0, 0.05) is 23.4 Å². The summed E-state index contributed by atoms with van der Waals surface area (Å²) < 4.78 is 11.9. The molecular formula is C40H34N2O6. The molecule has 48 heavy (non-hydrogen) atoms. The van der Waals surface area contributed by atoms with Crippen LogP contribution in [0.3, 0.4) is 0 Å². The minimum absolute atomic E-state index is 0.000998. The number of benzene rings is 4. The largest absolute Gasteiger partial charge is 0.460 e. The monoisotopic (exact) mass is 638 g/mol. The summed E-state index contributed by atoms with van der Waals surface area (Å²) in [6, 6.07) is 29.6. The number of nitro benzene ring substituents is 1. The molecule has 0 saturated carbocycles. The van der Waals surface area contributed by atoms with E-state index in [0.717, 1.165) is 39.1 Å². The SMILES string of the molecule is CC(C)OC(=O)C1=C(C(=O)OC(C)C)C2(c3ccccc3-c3ccccc32)C2C=C(/C=C/c3cccc([N+](=O)[O-])c3)c3ccccc3N12. The van der Waals surface area contributed by atoms with Gasteiger partial charge in [-0.1, -0.05) is 97.1 Å². The highest BCUT2D eigenvalue weighted by atomic mass is 16.6. The Morgan fingerprint density at radius 1 is 0.771 bits per heavy atom. The lowest BCUT2D eigenvalue weighted by molar-refractivity contribution is -0.384. The number of carbonyl (C=O) groups is 2. The fourth-order valence-electron chi connectivity index (χ4n) is 7.38. The molecule has 0 fully saturated rings. The number of ether oxygens (including phenoxy) is 2. The van der Waals surface area contributed by atoms with Crippen molar-refractivity contribution in [1.82, 2.24) is 0 Å². The van der Waals surface area contributed by atoms with Crippen LogP contribution < -0.4 is 4.90 Å². The molecule has 0 radical (unpaired) electrons. The summed E-state index contributed by atoms with van der Waals surface area (Å²) in [5, 5.41) is 11.5. The summed E-state index contributed by atoms with van der Waals surface area (Å²) in [5.41, 5.74) is 6.05. The molecule has 2 aliphatic heterocycles. The average Bonchev–Trinajstić information content (AvgIpc) is 3.54. The van der Waals surface area contributed by atoms with Gasteiger partial charge < -0.3 is 14.4 Å². The predicted molar refractivity (Wildman–Crippen MR) is 185 cm³/mol. The number of anilines is 1. The van der Waals surface area contributed by atoms with Gasteiger partial charge in [-0.3, -0.25) is 10.1 Å². The highest BCUT2D eigenvalue weighted by Crippen LogP contribution is 2.62. The van der Waals surface area contributed by atoms with Gasteiger partial charge in [-0.25, -0.2) is 9.59 Å². The van der Waals surface area contributed by atoms with Gasteiger partial charge in [0.1, 0.15) is 5.70 Å². The molecule has 4 aromatic rings. The normalized spacial score (nSPS) is 16.9. The molecule has 0 amide bonds. The fraction of sp³-hybridized carbons (Fsp3) is 0.200. The molecule has 0 N–H and O–H groups in total. The molecule has 1 atom stereocenters. The van der Waals surface area contributed by atoms with E-state index < -0.39 is 40.5 Å². The van der Waals surface area contributed by atoms with Crippen LogP contribution in [0.4, 0.5) is 11.4 Å². The molecule has 2 heterocycles. The molecule has 8 heteroatoms. The highest BCUT2D eigenvalue weighted by molar-refractivity contribution is 6.12. The maximum Gasteiger partial charge on any atom is 0.355 e. The van der Waals surface area contributed by atoms with Crippen LogP contribution in [0.2, 0.25) is 0 Å². The summed E-state index contributed by atoms with van der Waals surface area (Å²) in [5.74, 6) is -1.19. The van der Waals surface area contributed by atoms with Crippen LogP contribution in [0.25, 0.3) is 22.8 Å². The first kappa shape index (κ1) is 30.9. The van der Waals surface area contributed by atoms with Gasteiger partial charge in [0.25, 0.3) is 5.69 Å². The number of nitrogens with zero attached hydrogens (tertiary/aromatic N) is 2. The Balaban J connectivity index is 1.55. The van der Waals surface area contributed by atoms with Gasteiger partial charge in [0.05, 0.1) is 34.2 Å². The Bertz CT molecular complexity index is 2040. The van der Waals surface area contributed by atoms with Crippen LogP contribution in [0, 0.1) is 10.1 Å². The van der Waals surface area contributed by atoms with Gasteiger partial charge in [-0.2, -0.15) is 0 Å². The van der Waals surface area contributed by atoms with E-state index in [1.807, 2.05) is 95.9 Å². The van der Waals surface area contributed by atoms with E-state index >= 15 is 0 Å². The average molecular weight is 639 g/mol. The molecular weight excluding hydrogens is 604 g/mol. The van der Waals surface area contributed by atoms with Crippen LogP contribution in [-0.2, 0) is 24.5 Å². The topological polar surface area (TPSA) is 99.0 Å². The second-order valence-corrected chi connectivity index (χ2v) is 12.7. The quantitative estimate of drug-likeness (QED) is 0.115. The van der Waals surface area contributed by atoms with Crippen molar-refractivity contribution in [1.29, 1.82) is 0 Å². The van der Waals surface area contributed by atoms with Gasteiger partial charge in [-0.05, 0) is 67.2 Å². The molecule has 1 aliphatic carbocycles. The first-order chi connectivity index (χ1) is 23.1. The molecule has 7 rings (SSSR count). The van der Waals surface area contributed by atoms with E-state index in [-0.39, 0.29) is 17.0 Å². The number of fused-ring (bicyclic) bond motifs is 9. The lowest BCUT2D eigenvalue weighted by atomic mass is 9.67. The van der Waals surface area contributed by atoms with Crippen LogP contribution in [-0.4, -0.2) is 35.1 Å². The van der Waals surface area contributed by atoms with Gasteiger partial charge >= 0.3 is 11.9 Å². The zero-order valence-corrected chi connectivity index (χ0v) is 27.0. The van der Waals surface area contributed by atoms with E-state index in [1.165, 1.54) is 12.1 Å². The molecule has 3 aliphatic rings. The minimum atomic E-state index is -1.14. The standard InChI is InChI=1S/C40H34N2O6/c1-24(2)47-38(43)36-37(39(44)48-25(3)4)41-34-19-10-7-14-29(34)27(21-20-26-12-11-13-28(22-26)42(45)46)23-35(41)40(36)32-17-8-5-15-30(32)31-16-6-9-18-33(31)40/h5-25,35H,1-4H3/b21-20+. The van der Waals surface area contributed by atoms with Gasteiger partial charge in [-0.15, -0.1) is 0 Å². The first-order valence-electron chi connectivity index (χ1n) is 16.0. The zero-order chi connectivity index (χ0) is 33.7. The maximum absolute atomic E-state index is 14.6. The number of nitro groups is 1. The van der Waals surface area contributed by atoms with Crippen molar-refractivity contribution in [3.05, 3.63) is 153 Å². The molecule has 0 bridgehead atoms.